The van der Waals surface area contributed by atoms with E-state index in [1.165, 1.54) is 0 Å². The monoisotopic (exact) mass is 247 g/mol. The Kier molecular flexibility index (Phi) is 3.68. The summed E-state index contributed by atoms with van der Waals surface area (Å²) in [4.78, 5) is 4.62. The van der Waals surface area contributed by atoms with Gasteiger partial charge in [0, 0.05) is 12.1 Å². The number of para-hydroxylation sites is 2. The van der Waals surface area contributed by atoms with E-state index in [1.807, 2.05) is 24.3 Å². The van der Waals surface area contributed by atoms with Crippen molar-refractivity contribution in [1.29, 1.82) is 0 Å². The molecule has 2 rings (SSSR count). The van der Waals surface area contributed by atoms with Crippen molar-refractivity contribution in [2.75, 3.05) is 6.61 Å². The van der Waals surface area contributed by atoms with E-state index in [0.717, 1.165) is 16.9 Å². The number of hydrogen-bond acceptors (Lipinski definition) is 3. The van der Waals surface area contributed by atoms with Crippen LogP contribution >= 0.6 is 0 Å². The molecule has 0 aliphatic rings. The lowest BCUT2D eigenvalue weighted by atomic mass is 10.1. The van der Waals surface area contributed by atoms with Crippen molar-refractivity contribution in [3.8, 4) is 0 Å². The maximum Gasteiger partial charge on any atom is 0.123 e. The van der Waals surface area contributed by atoms with Gasteiger partial charge < -0.3 is 15.0 Å². The Balaban J connectivity index is 2.33. The van der Waals surface area contributed by atoms with Crippen LogP contribution in [-0.4, -0.2) is 26.8 Å². The first-order valence-corrected chi connectivity index (χ1v) is 6.31. The van der Waals surface area contributed by atoms with Gasteiger partial charge in [-0.1, -0.05) is 12.1 Å². The zero-order valence-electron chi connectivity index (χ0n) is 11.3. The number of aliphatic hydroxyl groups excluding tert-OH is 1. The second kappa shape index (κ2) is 5.08. The third kappa shape index (κ3) is 2.89. The van der Waals surface area contributed by atoms with Crippen LogP contribution in [0, 0.1) is 0 Å². The van der Waals surface area contributed by atoms with E-state index in [0.29, 0.717) is 13.1 Å². The molecule has 0 aliphatic carbocycles. The molecule has 18 heavy (non-hydrogen) atoms. The van der Waals surface area contributed by atoms with E-state index in [2.05, 4.69) is 35.6 Å². The Bertz CT molecular complexity index is 525. The molecular weight excluding hydrogens is 226 g/mol. The average molecular weight is 247 g/mol. The highest BCUT2D eigenvalue weighted by molar-refractivity contribution is 5.75. The summed E-state index contributed by atoms with van der Waals surface area (Å²) in [5.41, 5.74) is 2.12. The van der Waals surface area contributed by atoms with Gasteiger partial charge in [0.1, 0.15) is 5.82 Å². The predicted molar refractivity (Wildman–Crippen MR) is 73.4 cm³/mol. The molecule has 1 aromatic carbocycles. The number of aliphatic hydroxyl groups is 1. The molecule has 98 valence electrons. The van der Waals surface area contributed by atoms with Crippen LogP contribution in [0.2, 0.25) is 0 Å². The van der Waals surface area contributed by atoms with Gasteiger partial charge in [-0.05, 0) is 32.9 Å². The van der Waals surface area contributed by atoms with Gasteiger partial charge in [0.05, 0.1) is 24.2 Å². The van der Waals surface area contributed by atoms with E-state index in [1.54, 1.807) is 0 Å². The summed E-state index contributed by atoms with van der Waals surface area (Å²) in [6, 6.07) is 8.03. The number of nitrogens with one attached hydrogen (secondary N) is 1. The first-order valence-electron chi connectivity index (χ1n) is 6.31. The molecule has 0 aliphatic heterocycles. The van der Waals surface area contributed by atoms with Gasteiger partial charge in [-0.15, -0.1) is 0 Å². The van der Waals surface area contributed by atoms with Gasteiger partial charge in [0.15, 0.2) is 0 Å². The smallest absolute Gasteiger partial charge is 0.123 e. The number of hydrogen-bond donors (Lipinski definition) is 2. The van der Waals surface area contributed by atoms with Crippen molar-refractivity contribution in [1.82, 2.24) is 14.9 Å². The zero-order chi connectivity index (χ0) is 13.2. The Morgan fingerprint density at radius 3 is 2.67 bits per heavy atom. The van der Waals surface area contributed by atoms with Gasteiger partial charge in [-0.2, -0.15) is 0 Å². The molecule has 0 amide bonds. The Hall–Kier alpha value is -1.39. The SMILES string of the molecule is CC(C)(C)NCc1nc2ccccc2n1CCO. The van der Waals surface area contributed by atoms with Crippen LogP contribution in [0.3, 0.4) is 0 Å². The average Bonchev–Trinajstić information content (AvgIpc) is 2.65. The highest BCUT2D eigenvalue weighted by atomic mass is 16.3. The molecule has 0 fully saturated rings. The molecule has 0 radical (unpaired) electrons. The van der Waals surface area contributed by atoms with Gasteiger partial charge in [0.2, 0.25) is 0 Å². The summed E-state index contributed by atoms with van der Waals surface area (Å²) < 4.78 is 2.08. The van der Waals surface area contributed by atoms with Gasteiger partial charge in [0.25, 0.3) is 0 Å². The van der Waals surface area contributed by atoms with Crippen LogP contribution in [-0.2, 0) is 13.1 Å². The lowest BCUT2D eigenvalue weighted by Crippen LogP contribution is -2.36. The third-order valence-corrected chi connectivity index (χ3v) is 2.83. The summed E-state index contributed by atoms with van der Waals surface area (Å²) in [5, 5.41) is 12.6. The molecular formula is C14H21N3O. The van der Waals surface area contributed by atoms with E-state index in [-0.39, 0.29) is 12.1 Å². The molecule has 4 heteroatoms. The summed E-state index contributed by atoms with van der Waals surface area (Å²) >= 11 is 0. The van der Waals surface area contributed by atoms with E-state index in [4.69, 9.17) is 0 Å². The Labute approximate surface area is 108 Å². The number of benzene rings is 1. The van der Waals surface area contributed by atoms with Crippen molar-refractivity contribution in [3.05, 3.63) is 30.1 Å². The Morgan fingerprint density at radius 2 is 2.00 bits per heavy atom. The van der Waals surface area contributed by atoms with Crippen molar-refractivity contribution in [2.45, 2.75) is 39.4 Å². The second-order valence-electron chi connectivity index (χ2n) is 5.50. The molecule has 2 aromatic rings. The summed E-state index contributed by atoms with van der Waals surface area (Å²) in [5.74, 6) is 0.972. The highest BCUT2D eigenvalue weighted by Gasteiger charge is 2.13. The predicted octanol–water partition coefficient (Wildman–Crippen LogP) is 1.92. The number of aromatic nitrogens is 2. The maximum absolute atomic E-state index is 9.18. The van der Waals surface area contributed by atoms with E-state index in [9.17, 15) is 5.11 Å². The van der Waals surface area contributed by atoms with Gasteiger partial charge in [-0.25, -0.2) is 4.98 Å². The minimum atomic E-state index is 0.0577. The van der Waals surface area contributed by atoms with Crippen LogP contribution < -0.4 is 5.32 Å². The standard InChI is InChI=1S/C14H21N3O/c1-14(2,3)15-10-13-16-11-6-4-5-7-12(11)17(13)8-9-18/h4-7,15,18H,8-10H2,1-3H3. The van der Waals surface area contributed by atoms with Crippen LogP contribution in [0.25, 0.3) is 11.0 Å². The fraction of sp³-hybridized carbons (Fsp3) is 0.500. The van der Waals surface area contributed by atoms with Crippen LogP contribution in [0.15, 0.2) is 24.3 Å². The van der Waals surface area contributed by atoms with Gasteiger partial charge >= 0.3 is 0 Å². The van der Waals surface area contributed by atoms with Crippen LogP contribution in [0.5, 0.6) is 0 Å². The van der Waals surface area contributed by atoms with Gasteiger partial charge in [-0.3, -0.25) is 0 Å². The van der Waals surface area contributed by atoms with Crippen LogP contribution in [0.4, 0.5) is 0 Å². The topological polar surface area (TPSA) is 50.1 Å². The van der Waals surface area contributed by atoms with E-state index < -0.39 is 0 Å². The molecule has 1 heterocycles. The normalized spacial score (nSPS) is 12.2. The molecule has 0 saturated carbocycles. The third-order valence-electron chi connectivity index (χ3n) is 2.83. The quantitative estimate of drug-likeness (QED) is 0.868. The minimum Gasteiger partial charge on any atom is -0.395 e. The first-order chi connectivity index (χ1) is 8.51. The first kappa shape index (κ1) is 13.1. The molecule has 0 bridgehead atoms. The minimum absolute atomic E-state index is 0.0577. The van der Waals surface area contributed by atoms with Crippen molar-refractivity contribution in [2.24, 2.45) is 0 Å². The van der Waals surface area contributed by atoms with Crippen molar-refractivity contribution in [3.63, 3.8) is 0 Å². The summed E-state index contributed by atoms with van der Waals surface area (Å²) in [6.07, 6.45) is 0. The van der Waals surface area contributed by atoms with Crippen molar-refractivity contribution >= 4 is 11.0 Å². The fourth-order valence-corrected chi connectivity index (χ4v) is 1.95. The molecule has 0 atom stereocenters. The summed E-state index contributed by atoms with van der Waals surface area (Å²) in [6.45, 7) is 7.81. The zero-order valence-corrected chi connectivity index (χ0v) is 11.3. The van der Waals surface area contributed by atoms with Crippen LogP contribution in [0.1, 0.15) is 26.6 Å². The molecule has 0 spiro atoms. The van der Waals surface area contributed by atoms with E-state index >= 15 is 0 Å². The number of rotatable bonds is 4. The molecule has 0 unspecified atom stereocenters. The lowest BCUT2D eigenvalue weighted by molar-refractivity contribution is 0.275. The fourth-order valence-electron chi connectivity index (χ4n) is 1.95. The maximum atomic E-state index is 9.18. The number of imidazole rings is 1. The molecule has 1 aromatic heterocycles. The van der Waals surface area contributed by atoms with Crippen molar-refractivity contribution < 1.29 is 5.11 Å². The second-order valence-corrected chi connectivity index (χ2v) is 5.50. The Morgan fingerprint density at radius 1 is 1.28 bits per heavy atom. The lowest BCUT2D eigenvalue weighted by Gasteiger charge is -2.20. The molecule has 4 nitrogen and oxygen atoms in total. The number of nitrogens with zero attached hydrogens (tertiary/aromatic N) is 2. The largest absolute Gasteiger partial charge is 0.395 e. The highest BCUT2D eigenvalue weighted by Crippen LogP contribution is 2.16. The summed E-state index contributed by atoms with van der Waals surface area (Å²) in [7, 11) is 0. The number of fused-ring (bicyclic) bond motifs is 1. The molecule has 0 saturated heterocycles. The molecule has 2 N–H and O–H groups in total.